The maximum absolute atomic E-state index is 11.4. The van der Waals surface area contributed by atoms with E-state index in [1.54, 1.807) is 30.5 Å². The molecule has 0 aliphatic carbocycles. The Kier molecular flexibility index (Phi) is 4.88. The summed E-state index contributed by atoms with van der Waals surface area (Å²) in [7, 11) is 1.36. The van der Waals surface area contributed by atoms with Gasteiger partial charge >= 0.3 is 5.97 Å². The maximum atomic E-state index is 11.4. The van der Waals surface area contributed by atoms with Crippen LogP contribution in [0.25, 0.3) is 0 Å². The first-order valence-corrected chi connectivity index (χ1v) is 8.06. The number of nitrogens with one attached hydrogen (secondary N) is 1. The van der Waals surface area contributed by atoms with E-state index in [0.29, 0.717) is 11.5 Å². The number of esters is 1. The molecule has 0 unspecified atom stereocenters. The number of rotatable bonds is 4. The van der Waals surface area contributed by atoms with Gasteiger partial charge in [0.25, 0.3) is 0 Å². The van der Waals surface area contributed by atoms with Crippen LogP contribution in [-0.2, 0) is 4.74 Å². The number of benzene rings is 1. The molecule has 0 bridgehead atoms. The first-order valence-electron chi connectivity index (χ1n) is 8.06. The van der Waals surface area contributed by atoms with Gasteiger partial charge in [0.15, 0.2) is 5.82 Å². The largest absolute Gasteiger partial charge is 0.465 e. The second-order valence-electron chi connectivity index (χ2n) is 6.00. The molecule has 1 aliphatic heterocycles. The number of aromatic nitrogens is 3. The van der Waals surface area contributed by atoms with Crippen molar-refractivity contribution in [1.82, 2.24) is 15.2 Å². The molecule has 3 rings (SSSR count). The molecule has 1 aromatic carbocycles. The van der Waals surface area contributed by atoms with Gasteiger partial charge in [0, 0.05) is 18.8 Å². The molecule has 2 heterocycles. The highest BCUT2D eigenvalue weighted by Gasteiger charge is 2.17. The summed E-state index contributed by atoms with van der Waals surface area (Å²) in [6.07, 6.45) is 4.03. The molecule has 7 heteroatoms. The number of hydrogen-bond donors (Lipinski definition) is 1. The third kappa shape index (κ3) is 3.79. The Labute approximate surface area is 141 Å². The number of nitrogens with zero attached hydrogens (tertiary/aromatic N) is 4. The van der Waals surface area contributed by atoms with Gasteiger partial charge in [-0.1, -0.05) is 6.92 Å². The van der Waals surface area contributed by atoms with Crippen molar-refractivity contribution in [3.8, 4) is 0 Å². The number of carbonyl (C=O) groups excluding carboxylic acids is 1. The van der Waals surface area contributed by atoms with Crippen LogP contribution < -0.4 is 10.2 Å². The lowest BCUT2D eigenvalue weighted by molar-refractivity contribution is 0.0601. The van der Waals surface area contributed by atoms with E-state index in [4.69, 9.17) is 0 Å². The molecule has 1 saturated heterocycles. The summed E-state index contributed by atoms with van der Waals surface area (Å²) in [4.78, 5) is 18.2. The van der Waals surface area contributed by atoms with Gasteiger partial charge in [-0.3, -0.25) is 0 Å². The van der Waals surface area contributed by atoms with Gasteiger partial charge in [-0.05, 0) is 43.0 Å². The van der Waals surface area contributed by atoms with Crippen molar-refractivity contribution in [3.05, 3.63) is 36.0 Å². The zero-order valence-corrected chi connectivity index (χ0v) is 13.9. The average Bonchev–Trinajstić information content (AvgIpc) is 2.62. The van der Waals surface area contributed by atoms with E-state index < -0.39 is 0 Å². The molecule has 2 aromatic rings. The van der Waals surface area contributed by atoms with Crippen molar-refractivity contribution in [2.75, 3.05) is 30.4 Å². The van der Waals surface area contributed by atoms with Crippen LogP contribution in [0.3, 0.4) is 0 Å². The van der Waals surface area contributed by atoms with Crippen molar-refractivity contribution in [3.63, 3.8) is 0 Å². The fourth-order valence-electron chi connectivity index (χ4n) is 2.67. The molecule has 0 amide bonds. The van der Waals surface area contributed by atoms with E-state index in [2.05, 4.69) is 37.1 Å². The van der Waals surface area contributed by atoms with E-state index in [-0.39, 0.29) is 5.97 Å². The SMILES string of the molecule is COC(=O)c1ccc(Nc2nncc(N3CCC(C)CC3)n2)cc1. The Balaban J connectivity index is 1.69. The lowest BCUT2D eigenvalue weighted by Gasteiger charge is -2.30. The van der Waals surface area contributed by atoms with Crippen LogP contribution in [0.4, 0.5) is 17.5 Å². The Bertz CT molecular complexity index is 696. The highest BCUT2D eigenvalue weighted by Crippen LogP contribution is 2.22. The van der Waals surface area contributed by atoms with Gasteiger partial charge < -0.3 is 15.0 Å². The highest BCUT2D eigenvalue weighted by atomic mass is 16.5. The van der Waals surface area contributed by atoms with Gasteiger partial charge in [-0.25, -0.2) is 4.79 Å². The second-order valence-corrected chi connectivity index (χ2v) is 6.00. The summed E-state index contributed by atoms with van der Waals surface area (Å²) in [5, 5.41) is 11.2. The topological polar surface area (TPSA) is 80.2 Å². The monoisotopic (exact) mass is 327 g/mol. The molecular weight excluding hydrogens is 306 g/mol. The summed E-state index contributed by atoms with van der Waals surface area (Å²) >= 11 is 0. The van der Waals surface area contributed by atoms with Crippen LogP contribution in [0.15, 0.2) is 30.5 Å². The predicted octanol–water partition coefficient (Wildman–Crippen LogP) is 2.64. The first kappa shape index (κ1) is 16.2. The van der Waals surface area contributed by atoms with E-state index in [1.807, 2.05) is 0 Å². The maximum Gasteiger partial charge on any atom is 0.337 e. The van der Waals surface area contributed by atoms with Crippen molar-refractivity contribution in [1.29, 1.82) is 0 Å². The normalized spacial score (nSPS) is 15.2. The number of piperidine rings is 1. The molecule has 0 saturated carbocycles. The zero-order valence-electron chi connectivity index (χ0n) is 13.9. The Hall–Kier alpha value is -2.70. The number of ether oxygens (including phenoxy) is 1. The fourth-order valence-corrected chi connectivity index (χ4v) is 2.67. The summed E-state index contributed by atoms with van der Waals surface area (Å²) in [5.41, 5.74) is 1.28. The van der Waals surface area contributed by atoms with Crippen molar-refractivity contribution >= 4 is 23.4 Å². The number of anilines is 3. The second kappa shape index (κ2) is 7.25. The molecule has 7 nitrogen and oxygen atoms in total. The fraction of sp³-hybridized carbons (Fsp3) is 0.412. The lowest BCUT2D eigenvalue weighted by Crippen LogP contribution is -2.33. The third-order valence-electron chi connectivity index (χ3n) is 4.22. The average molecular weight is 327 g/mol. The Morgan fingerprint density at radius 1 is 1.25 bits per heavy atom. The molecule has 1 fully saturated rings. The predicted molar refractivity (Wildman–Crippen MR) is 91.5 cm³/mol. The number of methoxy groups -OCH3 is 1. The molecule has 0 spiro atoms. The minimum Gasteiger partial charge on any atom is -0.465 e. The van der Waals surface area contributed by atoms with Crippen LogP contribution in [0.2, 0.25) is 0 Å². The van der Waals surface area contributed by atoms with Crippen LogP contribution >= 0.6 is 0 Å². The molecule has 0 radical (unpaired) electrons. The first-order chi connectivity index (χ1) is 11.7. The van der Waals surface area contributed by atoms with E-state index in [9.17, 15) is 4.79 Å². The number of carbonyl (C=O) groups is 1. The van der Waals surface area contributed by atoms with Gasteiger partial charge in [0.1, 0.15) is 0 Å². The van der Waals surface area contributed by atoms with Gasteiger partial charge in [-0.2, -0.15) is 10.1 Å². The summed E-state index contributed by atoms with van der Waals surface area (Å²) in [5.74, 6) is 1.69. The zero-order chi connectivity index (χ0) is 16.9. The Morgan fingerprint density at radius 3 is 2.62 bits per heavy atom. The van der Waals surface area contributed by atoms with Crippen molar-refractivity contribution < 1.29 is 9.53 Å². The summed E-state index contributed by atoms with van der Waals surface area (Å²) < 4.78 is 4.69. The van der Waals surface area contributed by atoms with Gasteiger partial charge in [-0.15, -0.1) is 5.10 Å². The van der Waals surface area contributed by atoms with Crippen LogP contribution in [0.1, 0.15) is 30.1 Å². The van der Waals surface area contributed by atoms with Crippen LogP contribution in [0.5, 0.6) is 0 Å². The minimum absolute atomic E-state index is 0.360. The van der Waals surface area contributed by atoms with Gasteiger partial charge in [0.05, 0.1) is 18.9 Å². The quantitative estimate of drug-likeness (QED) is 0.865. The summed E-state index contributed by atoms with van der Waals surface area (Å²) in [6.45, 7) is 4.26. The molecule has 126 valence electrons. The summed E-state index contributed by atoms with van der Waals surface area (Å²) in [6, 6.07) is 6.95. The van der Waals surface area contributed by atoms with E-state index >= 15 is 0 Å². The molecular formula is C17H21N5O2. The molecule has 1 aromatic heterocycles. The van der Waals surface area contributed by atoms with Crippen LogP contribution in [-0.4, -0.2) is 41.3 Å². The van der Waals surface area contributed by atoms with Crippen molar-refractivity contribution in [2.24, 2.45) is 5.92 Å². The standard InChI is InChI=1S/C17H21N5O2/c1-12-7-9-22(10-8-12)15-11-18-21-17(20-15)19-14-5-3-13(4-6-14)16(23)24-2/h3-6,11-12H,7-10H2,1-2H3,(H,19,20,21). The minimum atomic E-state index is -0.360. The van der Waals surface area contributed by atoms with Crippen molar-refractivity contribution in [2.45, 2.75) is 19.8 Å². The molecule has 0 atom stereocenters. The van der Waals surface area contributed by atoms with E-state index in [1.165, 1.54) is 20.0 Å². The third-order valence-corrected chi connectivity index (χ3v) is 4.22. The van der Waals surface area contributed by atoms with Gasteiger partial charge in [0.2, 0.25) is 5.95 Å². The highest BCUT2D eigenvalue weighted by molar-refractivity contribution is 5.89. The number of hydrogen-bond acceptors (Lipinski definition) is 7. The van der Waals surface area contributed by atoms with Crippen LogP contribution in [0, 0.1) is 5.92 Å². The lowest BCUT2D eigenvalue weighted by atomic mass is 9.99. The smallest absolute Gasteiger partial charge is 0.337 e. The Morgan fingerprint density at radius 2 is 1.96 bits per heavy atom. The molecule has 1 aliphatic rings. The molecule has 1 N–H and O–H groups in total. The van der Waals surface area contributed by atoms with E-state index in [0.717, 1.165) is 30.5 Å². The molecule has 24 heavy (non-hydrogen) atoms.